The summed E-state index contributed by atoms with van der Waals surface area (Å²) in [6.45, 7) is -8.79. The Kier molecular flexibility index (Phi) is 1.40. The lowest BCUT2D eigenvalue weighted by molar-refractivity contribution is -0.125. The molecule has 1 saturated heterocycles. The molecule has 0 aromatic heterocycles. The van der Waals surface area contributed by atoms with E-state index in [2.05, 4.69) is 20.7 Å². The molecular weight excluding hydrogens is 246 g/mol. The Morgan fingerprint density at radius 3 is 3.21 bits per heavy atom. The van der Waals surface area contributed by atoms with Crippen LogP contribution in [0.2, 0.25) is 0 Å². The maximum Gasteiger partial charge on any atom is 0.253 e. The van der Waals surface area contributed by atoms with Gasteiger partial charge in [-0.1, -0.05) is 22.0 Å². The van der Waals surface area contributed by atoms with Crippen LogP contribution in [0.4, 0.5) is 5.69 Å². The summed E-state index contributed by atoms with van der Waals surface area (Å²) < 4.78 is 50.4. The van der Waals surface area contributed by atoms with E-state index in [0.29, 0.717) is 9.37 Å². The first-order valence-electron chi connectivity index (χ1n) is 6.79. The van der Waals surface area contributed by atoms with Crippen LogP contribution in [0, 0.1) is 0 Å². The third kappa shape index (κ3) is 1.96. The van der Waals surface area contributed by atoms with Crippen LogP contribution in [0.5, 0.6) is 0 Å². The van der Waals surface area contributed by atoms with E-state index in [-0.39, 0.29) is 5.69 Å². The molecule has 0 spiro atoms. The molecule has 1 aliphatic heterocycles. The molecule has 0 aliphatic carbocycles. The number of hydrogen-bond donors (Lipinski definition) is 0. The molecule has 0 N–H and O–H groups in total. The summed E-state index contributed by atoms with van der Waals surface area (Å²) in [6.07, 6.45) is 0. The van der Waals surface area contributed by atoms with Gasteiger partial charge in [0.15, 0.2) is 0 Å². The summed E-state index contributed by atoms with van der Waals surface area (Å²) in [5.74, 6) is -1.30. The molecular formula is C10H10BrNO2. The van der Waals surface area contributed by atoms with E-state index in [9.17, 15) is 4.79 Å². The van der Waals surface area contributed by atoms with E-state index >= 15 is 0 Å². The molecule has 1 aromatic rings. The standard InChI is InChI=1S/C10H10BrNO2/c11-8-2-1-3-9(6-8)12-4-5-14-7-10(12)13/h1-3,6H,4-5,7H2/i4D2,5D2,7D2. The van der Waals surface area contributed by atoms with E-state index in [0.717, 1.165) is 0 Å². The second kappa shape index (κ2) is 4.11. The fourth-order valence-electron chi connectivity index (χ4n) is 1.03. The topological polar surface area (TPSA) is 29.5 Å². The van der Waals surface area contributed by atoms with Crippen LogP contribution in [0.1, 0.15) is 8.22 Å². The molecule has 1 fully saturated rings. The normalized spacial score (nSPS) is 34.4. The number of carbonyl (C=O) groups excluding carboxylic acids is 1. The van der Waals surface area contributed by atoms with Crippen molar-refractivity contribution in [2.75, 3.05) is 24.5 Å². The van der Waals surface area contributed by atoms with Crippen molar-refractivity contribution in [1.29, 1.82) is 0 Å². The zero-order chi connectivity index (χ0) is 15.3. The van der Waals surface area contributed by atoms with E-state index in [1.807, 2.05) is 0 Å². The number of morpholine rings is 1. The average molecular weight is 262 g/mol. The summed E-state index contributed by atoms with van der Waals surface area (Å²) >= 11 is 3.16. The number of anilines is 1. The van der Waals surface area contributed by atoms with Gasteiger partial charge in [-0.2, -0.15) is 0 Å². The Morgan fingerprint density at radius 2 is 2.43 bits per heavy atom. The van der Waals surface area contributed by atoms with Crippen LogP contribution in [0.25, 0.3) is 0 Å². The summed E-state index contributed by atoms with van der Waals surface area (Å²) in [7, 11) is 0. The minimum absolute atomic E-state index is 0.0328. The van der Waals surface area contributed by atoms with Crippen LogP contribution >= 0.6 is 15.9 Å². The van der Waals surface area contributed by atoms with Crippen LogP contribution in [0.3, 0.4) is 0 Å². The fourth-order valence-corrected chi connectivity index (χ4v) is 1.42. The molecule has 0 unspecified atom stereocenters. The SMILES string of the molecule is [2H]C1([2H])OC([2H])([2H])C([2H])([2H])N(c2cccc(Br)c2)C1=O. The predicted molar refractivity (Wildman–Crippen MR) is 57.3 cm³/mol. The molecule has 0 atom stereocenters. The highest BCUT2D eigenvalue weighted by Crippen LogP contribution is 2.20. The summed E-state index contributed by atoms with van der Waals surface area (Å²) in [6, 6.07) is 5.96. The maximum absolute atomic E-state index is 12.1. The van der Waals surface area contributed by atoms with Crippen molar-refractivity contribution in [3.63, 3.8) is 0 Å². The molecule has 1 aromatic carbocycles. The molecule has 3 nitrogen and oxygen atoms in total. The second-order valence-corrected chi connectivity index (χ2v) is 3.45. The van der Waals surface area contributed by atoms with Crippen LogP contribution in [0.15, 0.2) is 28.7 Å². The number of carbonyl (C=O) groups is 1. The Hall–Kier alpha value is -0.870. The minimum atomic E-state index is -2.99. The highest BCUT2D eigenvalue weighted by atomic mass is 79.9. The van der Waals surface area contributed by atoms with Gasteiger partial charge in [-0.15, -0.1) is 0 Å². The highest BCUT2D eigenvalue weighted by molar-refractivity contribution is 9.10. The zero-order valence-electron chi connectivity index (χ0n) is 13.0. The lowest BCUT2D eigenvalue weighted by Crippen LogP contribution is -2.41. The number of halogens is 1. The quantitative estimate of drug-likeness (QED) is 0.772. The molecule has 1 amide bonds. The Morgan fingerprint density at radius 1 is 1.57 bits per heavy atom. The molecule has 14 heavy (non-hydrogen) atoms. The van der Waals surface area contributed by atoms with Crippen molar-refractivity contribution in [2.45, 2.75) is 0 Å². The van der Waals surface area contributed by atoms with Crippen molar-refractivity contribution in [1.82, 2.24) is 0 Å². The number of hydrogen-bond acceptors (Lipinski definition) is 2. The van der Waals surface area contributed by atoms with Crippen LogP contribution < -0.4 is 4.90 Å². The summed E-state index contributed by atoms with van der Waals surface area (Å²) in [5, 5.41) is 0. The number of benzene rings is 1. The van der Waals surface area contributed by atoms with E-state index in [1.165, 1.54) is 18.2 Å². The van der Waals surface area contributed by atoms with Gasteiger partial charge in [0.1, 0.15) is 6.56 Å². The minimum Gasteiger partial charge on any atom is -0.370 e. The lowest BCUT2D eigenvalue weighted by atomic mass is 10.2. The number of nitrogens with zero attached hydrogens (tertiary/aromatic N) is 1. The van der Waals surface area contributed by atoms with E-state index in [1.54, 1.807) is 6.07 Å². The van der Waals surface area contributed by atoms with Crippen molar-refractivity contribution in [3.05, 3.63) is 28.7 Å². The summed E-state index contributed by atoms with van der Waals surface area (Å²) in [5.41, 5.74) is 0.0328. The lowest BCUT2D eigenvalue weighted by Gasteiger charge is -2.26. The molecule has 1 heterocycles. The van der Waals surface area contributed by atoms with Gasteiger partial charge in [-0.05, 0) is 18.2 Å². The van der Waals surface area contributed by atoms with Gasteiger partial charge in [0, 0.05) is 16.7 Å². The van der Waals surface area contributed by atoms with Crippen molar-refractivity contribution < 1.29 is 17.8 Å². The molecule has 0 bridgehead atoms. The number of rotatable bonds is 1. The summed E-state index contributed by atoms with van der Waals surface area (Å²) in [4.78, 5) is 12.5. The van der Waals surface area contributed by atoms with E-state index in [4.69, 9.17) is 8.22 Å². The third-order valence-electron chi connectivity index (χ3n) is 1.62. The van der Waals surface area contributed by atoms with Gasteiger partial charge in [-0.25, -0.2) is 0 Å². The fraction of sp³-hybridized carbons (Fsp3) is 0.300. The van der Waals surface area contributed by atoms with Gasteiger partial charge in [0.2, 0.25) is 0 Å². The predicted octanol–water partition coefficient (Wildman–Crippen LogP) is 1.81. The Labute approximate surface area is 99.2 Å². The first-order chi connectivity index (χ1) is 8.99. The van der Waals surface area contributed by atoms with Crippen molar-refractivity contribution in [2.24, 2.45) is 0 Å². The monoisotopic (exact) mass is 261 g/mol. The van der Waals surface area contributed by atoms with Gasteiger partial charge in [0.05, 0.1) is 14.8 Å². The van der Waals surface area contributed by atoms with Crippen molar-refractivity contribution >= 4 is 27.5 Å². The molecule has 4 heteroatoms. The molecule has 0 radical (unpaired) electrons. The maximum atomic E-state index is 12.1. The van der Waals surface area contributed by atoms with Gasteiger partial charge >= 0.3 is 0 Å². The largest absolute Gasteiger partial charge is 0.370 e. The molecule has 74 valence electrons. The number of amides is 1. The second-order valence-electron chi connectivity index (χ2n) is 2.54. The third-order valence-corrected chi connectivity index (χ3v) is 2.11. The van der Waals surface area contributed by atoms with Gasteiger partial charge in [-0.3, -0.25) is 4.79 Å². The van der Waals surface area contributed by atoms with Crippen LogP contribution in [-0.2, 0) is 9.53 Å². The first-order valence-corrected chi connectivity index (χ1v) is 4.59. The zero-order valence-corrected chi connectivity index (χ0v) is 8.54. The van der Waals surface area contributed by atoms with Crippen molar-refractivity contribution in [3.8, 4) is 0 Å². The average Bonchev–Trinajstić information content (AvgIpc) is 2.25. The van der Waals surface area contributed by atoms with Gasteiger partial charge < -0.3 is 9.64 Å². The van der Waals surface area contributed by atoms with Crippen LogP contribution in [-0.4, -0.2) is 25.5 Å². The highest BCUT2D eigenvalue weighted by Gasteiger charge is 2.19. The Bertz CT molecular complexity index is 564. The molecule has 1 aliphatic rings. The van der Waals surface area contributed by atoms with E-state index < -0.39 is 25.5 Å². The smallest absolute Gasteiger partial charge is 0.253 e. The molecule has 0 saturated carbocycles. The molecule has 2 rings (SSSR count). The number of ether oxygens (including phenoxy) is 1. The Balaban J connectivity index is 2.60. The first kappa shape index (κ1) is 4.77. The van der Waals surface area contributed by atoms with Gasteiger partial charge in [0.25, 0.3) is 5.91 Å².